The van der Waals surface area contributed by atoms with E-state index < -0.39 is 5.97 Å². The summed E-state index contributed by atoms with van der Waals surface area (Å²) in [6.07, 6.45) is 1.64. The summed E-state index contributed by atoms with van der Waals surface area (Å²) in [4.78, 5) is 24.8. The molecule has 0 bridgehead atoms. The molecule has 0 aliphatic heterocycles. The standard InChI is InChI=1S/C22H23FN2O3/c1-14(2)21(15-8-10-16(23)11-9-15)24-20(26)13-25-12-18(22(27)28-3)17-6-4-5-7-19(17)25/h4-12,14,21H,13H2,1-3H3,(H,24,26). The molecule has 1 N–H and O–H groups in total. The minimum Gasteiger partial charge on any atom is -0.465 e. The van der Waals surface area contributed by atoms with Crippen LogP contribution in [0.3, 0.4) is 0 Å². The molecule has 1 atom stereocenters. The van der Waals surface area contributed by atoms with Crippen LogP contribution in [0.1, 0.15) is 35.8 Å². The average molecular weight is 382 g/mol. The van der Waals surface area contributed by atoms with Crippen molar-refractivity contribution in [1.82, 2.24) is 9.88 Å². The van der Waals surface area contributed by atoms with Gasteiger partial charge in [-0.2, -0.15) is 0 Å². The minimum atomic E-state index is -0.443. The van der Waals surface area contributed by atoms with Crippen LogP contribution in [0.25, 0.3) is 10.9 Å². The van der Waals surface area contributed by atoms with Crippen molar-refractivity contribution in [2.45, 2.75) is 26.4 Å². The number of halogens is 1. The summed E-state index contributed by atoms with van der Waals surface area (Å²) in [7, 11) is 1.33. The lowest BCUT2D eigenvalue weighted by Gasteiger charge is -2.23. The lowest BCUT2D eigenvalue weighted by atomic mass is 9.96. The number of amides is 1. The molecule has 0 aliphatic carbocycles. The predicted molar refractivity (Wildman–Crippen MR) is 105 cm³/mol. The highest BCUT2D eigenvalue weighted by molar-refractivity contribution is 6.04. The van der Waals surface area contributed by atoms with E-state index in [1.807, 2.05) is 38.1 Å². The second-order valence-corrected chi connectivity index (χ2v) is 7.02. The third kappa shape index (κ3) is 4.06. The Morgan fingerprint density at radius 1 is 1.11 bits per heavy atom. The van der Waals surface area contributed by atoms with Crippen LogP contribution in [0.2, 0.25) is 0 Å². The van der Waals surface area contributed by atoms with E-state index in [2.05, 4.69) is 5.32 Å². The van der Waals surface area contributed by atoms with Gasteiger partial charge in [0, 0.05) is 17.1 Å². The number of nitrogens with zero attached hydrogens (tertiary/aromatic N) is 1. The Balaban J connectivity index is 1.84. The van der Waals surface area contributed by atoms with Crippen molar-refractivity contribution >= 4 is 22.8 Å². The van der Waals surface area contributed by atoms with Crippen LogP contribution in [-0.4, -0.2) is 23.6 Å². The average Bonchev–Trinajstić information content (AvgIpc) is 3.05. The number of carbonyl (C=O) groups excluding carboxylic acids is 2. The summed E-state index contributed by atoms with van der Waals surface area (Å²) in [5, 5.41) is 3.76. The highest BCUT2D eigenvalue weighted by Gasteiger charge is 2.20. The van der Waals surface area contributed by atoms with Crippen molar-refractivity contribution in [1.29, 1.82) is 0 Å². The van der Waals surface area contributed by atoms with E-state index in [0.717, 1.165) is 16.5 Å². The summed E-state index contributed by atoms with van der Waals surface area (Å²) in [6, 6.07) is 13.3. The normalized spacial score (nSPS) is 12.2. The van der Waals surface area contributed by atoms with Gasteiger partial charge in [0.15, 0.2) is 0 Å². The van der Waals surface area contributed by atoms with Gasteiger partial charge in [-0.05, 0) is 29.7 Å². The molecule has 3 rings (SSSR count). The molecule has 28 heavy (non-hydrogen) atoms. The number of hydrogen-bond donors (Lipinski definition) is 1. The largest absolute Gasteiger partial charge is 0.465 e. The van der Waals surface area contributed by atoms with Crippen molar-refractivity contribution in [3.05, 3.63) is 71.7 Å². The predicted octanol–water partition coefficient (Wildman–Crippen LogP) is 4.08. The van der Waals surface area contributed by atoms with E-state index in [1.54, 1.807) is 22.9 Å². The summed E-state index contributed by atoms with van der Waals surface area (Å²) >= 11 is 0. The number of para-hydroxylation sites is 1. The molecule has 6 heteroatoms. The lowest BCUT2D eigenvalue weighted by Crippen LogP contribution is -2.34. The van der Waals surface area contributed by atoms with Crippen molar-refractivity contribution in [3.8, 4) is 0 Å². The zero-order valence-electron chi connectivity index (χ0n) is 16.1. The van der Waals surface area contributed by atoms with E-state index in [0.29, 0.717) is 5.56 Å². The molecular weight excluding hydrogens is 359 g/mol. The number of rotatable bonds is 6. The van der Waals surface area contributed by atoms with Gasteiger partial charge in [0.1, 0.15) is 12.4 Å². The number of nitrogens with one attached hydrogen (secondary N) is 1. The van der Waals surface area contributed by atoms with Crippen LogP contribution in [0.4, 0.5) is 4.39 Å². The number of hydrogen-bond acceptors (Lipinski definition) is 3. The summed E-state index contributed by atoms with van der Waals surface area (Å²) in [6.45, 7) is 4.05. The first-order valence-corrected chi connectivity index (χ1v) is 9.11. The second kappa shape index (κ2) is 8.25. The van der Waals surface area contributed by atoms with Crippen LogP contribution < -0.4 is 5.32 Å². The van der Waals surface area contributed by atoms with Crippen LogP contribution in [0.5, 0.6) is 0 Å². The molecule has 2 aromatic carbocycles. The Morgan fingerprint density at radius 3 is 2.43 bits per heavy atom. The van der Waals surface area contributed by atoms with Crippen molar-refractivity contribution < 1.29 is 18.7 Å². The Hall–Kier alpha value is -3.15. The summed E-state index contributed by atoms with van der Waals surface area (Å²) in [5.74, 6) is -0.824. The van der Waals surface area contributed by atoms with Crippen LogP contribution in [0, 0.1) is 11.7 Å². The maximum Gasteiger partial charge on any atom is 0.340 e. The van der Waals surface area contributed by atoms with Crippen LogP contribution >= 0.6 is 0 Å². The molecule has 146 valence electrons. The third-order valence-corrected chi connectivity index (χ3v) is 4.72. The molecule has 0 saturated carbocycles. The van der Waals surface area contributed by atoms with Gasteiger partial charge >= 0.3 is 5.97 Å². The summed E-state index contributed by atoms with van der Waals surface area (Å²) in [5.41, 5.74) is 2.04. The van der Waals surface area contributed by atoms with Gasteiger partial charge in [-0.25, -0.2) is 9.18 Å². The fourth-order valence-electron chi connectivity index (χ4n) is 3.33. The molecule has 0 fully saturated rings. The van der Waals surface area contributed by atoms with Gasteiger partial charge in [-0.3, -0.25) is 4.79 Å². The van der Waals surface area contributed by atoms with E-state index in [-0.39, 0.29) is 30.2 Å². The number of esters is 1. The SMILES string of the molecule is COC(=O)c1cn(CC(=O)NC(c2ccc(F)cc2)C(C)C)c2ccccc12. The van der Waals surface area contributed by atoms with Gasteiger partial charge in [0.25, 0.3) is 0 Å². The highest BCUT2D eigenvalue weighted by atomic mass is 19.1. The van der Waals surface area contributed by atoms with Crippen molar-refractivity contribution in [3.63, 3.8) is 0 Å². The van der Waals surface area contributed by atoms with E-state index in [4.69, 9.17) is 4.74 Å². The Kier molecular flexibility index (Phi) is 5.78. The Morgan fingerprint density at radius 2 is 1.79 bits per heavy atom. The van der Waals surface area contributed by atoms with Crippen molar-refractivity contribution in [2.75, 3.05) is 7.11 Å². The molecule has 0 saturated heterocycles. The van der Waals surface area contributed by atoms with Gasteiger partial charge in [-0.1, -0.05) is 44.2 Å². The smallest absolute Gasteiger partial charge is 0.340 e. The molecule has 0 spiro atoms. The lowest BCUT2D eigenvalue weighted by molar-refractivity contribution is -0.122. The number of benzene rings is 2. The van der Waals surface area contributed by atoms with E-state index in [1.165, 1.54) is 19.2 Å². The molecule has 0 aliphatic rings. The number of aromatic nitrogens is 1. The molecule has 5 nitrogen and oxygen atoms in total. The van der Waals surface area contributed by atoms with Gasteiger partial charge < -0.3 is 14.6 Å². The topological polar surface area (TPSA) is 60.3 Å². The van der Waals surface area contributed by atoms with Crippen LogP contribution in [-0.2, 0) is 16.1 Å². The molecule has 3 aromatic rings. The minimum absolute atomic E-state index is 0.0575. The molecular formula is C22H23FN2O3. The zero-order valence-corrected chi connectivity index (χ0v) is 16.1. The summed E-state index contributed by atoms with van der Waals surface area (Å²) < 4.78 is 19.8. The van der Waals surface area contributed by atoms with Crippen molar-refractivity contribution in [2.24, 2.45) is 5.92 Å². The Labute approximate surface area is 163 Å². The Bertz CT molecular complexity index is 993. The highest BCUT2D eigenvalue weighted by Crippen LogP contribution is 2.24. The number of carbonyl (C=O) groups is 2. The zero-order chi connectivity index (χ0) is 20.3. The molecule has 1 amide bonds. The first kappa shape index (κ1) is 19.6. The maximum atomic E-state index is 13.2. The molecule has 1 aromatic heterocycles. The number of fused-ring (bicyclic) bond motifs is 1. The van der Waals surface area contributed by atoms with E-state index >= 15 is 0 Å². The third-order valence-electron chi connectivity index (χ3n) is 4.72. The van der Waals surface area contributed by atoms with Crippen LogP contribution in [0.15, 0.2) is 54.7 Å². The number of methoxy groups -OCH3 is 1. The van der Waals surface area contributed by atoms with Gasteiger partial charge in [0.05, 0.1) is 18.7 Å². The maximum absolute atomic E-state index is 13.2. The fraction of sp³-hybridized carbons (Fsp3) is 0.273. The second-order valence-electron chi connectivity index (χ2n) is 7.02. The van der Waals surface area contributed by atoms with Gasteiger partial charge in [0.2, 0.25) is 5.91 Å². The first-order chi connectivity index (χ1) is 13.4. The van der Waals surface area contributed by atoms with Gasteiger partial charge in [-0.15, -0.1) is 0 Å². The number of ether oxygens (including phenoxy) is 1. The molecule has 0 radical (unpaired) electrons. The molecule has 1 unspecified atom stereocenters. The monoisotopic (exact) mass is 382 g/mol. The van der Waals surface area contributed by atoms with E-state index in [9.17, 15) is 14.0 Å². The fourth-order valence-corrected chi connectivity index (χ4v) is 3.33. The first-order valence-electron chi connectivity index (χ1n) is 9.11. The quantitative estimate of drug-likeness (QED) is 0.654. The molecule has 1 heterocycles.